The lowest BCUT2D eigenvalue weighted by Gasteiger charge is -2.18. The van der Waals surface area contributed by atoms with Gasteiger partial charge < -0.3 is 19.6 Å². The lowest BCUT2D eigenvalue weighted by Crippen LogP contribution is -2.31. The summed E-state index contributed by atoms with van der Waals surface area (Å²) in [4.78, 5) is 4.15. The Kier molecular flexibility index (Phi) is 7.80. The zero-order chi connectivity index (χ0) is 15.0. The number of hydrogen-bond acceptors (Lipinski definition) is 5. The van der Waals surface area contributed by atoms with Gasteiger partial charge >= 0.3 is 0 Å². The summed E-state index contributed by atoms with van der Waals surface area (Å²) in [5, 5.41) is 12.9. The second-order valence-corrected chi connectivity index (χ2v) is 5.63. The first kappa shape index (κ1) is 17.1. The van der Waals surface area contributed by atoms with Crippen LogP contribution in [0, 0.1) is 5.92 Å². The van der Waals surface area contributed by atoms with Crippen molar-refractivity contribution in [3.63, 3.8) is 0 Å². The maximum absolute atomic E-state index is 9.82. The molecule has 1 aromatic rings. The van der Waals surface area contributed by atoms with E-state index in [1.54, 1.807) is 6.20 Å². The van der Waals surface area contributed by atoms with Crippen LogP contribution in [0.25, 0.3) is 0 Å². The molecule has 0 aliphatic rings. The standard InChI is InChI=1S/C15H28N2O3/c1-5-14-8-17-15(20-14)9-16-7-13(18)10-19-12(4)6-11(2)3/h8,11-13,16,18H,5-7,9-10H2,1-4H3. The van der Waals surface area contributed by atoms with Crippen molar-refractivity contribution < 1.29 is 14.3 Å². The van der Waals surface area contributed by atoms with Crippen molar-refractivity contribution in [3.05, 3.63) is 17.8 Å². The number of aliphatic hydroxyl groups is 1. The van der Waals surface area contributed by atoms with E-state index in [9.17, 15) is 5.11 Å². The predicted octanol–water partition coefficient (Wildman–Crippen LogP) is 2.14. The van der Waals surface area contributed by atoms with E-state index in [1.165, 1.54) is 0 Å². The van der Waals surface area contributed by atoms with Crippen LogP contribution in [0.2, 0.25) is 0 Å². The number of aromatic nitrogens is 1. The van der Waals surface area contributed by atoms with Crippen molar-refractivity contribution >= 4 is 0 Å². The van der Waals surface area contributed by atoms with Crippen molar-refractivity contribution in [2.75, 3.05) is 13.2 Å². The molecule has 116 valence electrons. The number of nitrogens with zero attached hydrogens (tertiary/aromatic N) is 1. The van der Waals surface area contributed by atoms with Gasteiger partial charge in [-0.15, -0.1) is 0 Å². The Balaban J connectivity index is 2.12. The fourth-order valence-electron chi connectivity index (χ4n) is 2.01. The minimum Gasteiger partial charge on any atom is -0.444 e. The summed E-state index contributed by atoms with van der Waals surface area (Å²) < 4.78 is 11.1. The average molecular weight is 284 g/mol. The summed E-state index contributed by atoms with van der Waals surface area (Å²) in [5.41, 5.74) is 0. The van der Waals surface area contributed by atoms with Gasteiger partial charge in [0.15, 0.2) is 0 Å². The fourth-order valence-corrected chi connectivity index (χ4v) is 2.01. The van der Waals surface area contributed by atoms with Gasteiger partial charge in [-0.2, -0.15) is 0 Å². The van der Waals surface area contributed by atoms with Gasteiger partial charge in [-0.3, -0.25) is 0 Å². The van der Waals surface area contributed by atoms with Gasteiger partial charge in [0.05, 0.1) is 31.6 Å². The Morgan fingerprint density at radius 3 is 2.75 bits per heavy atom. The maximum Gasteiger partial charge on any atom is 0.208 e. The molecule has 20 heavy (non-hydrogen) atoms. The molecule has 0 amide bonds. The van der Waals surface area contributed by atoms with E-state index in [1.807, 2.05) is 13.8 Å². The maximum atomic E-state index is 9.82. The summed E-state index contributed by atoms with van der Waals surface area (Å²) in [6, 6.07) is 0. The van der Waals surface area contributed by atoms with E-state index in [-0.39, 0.29) is 6.10 Å². The van der Waals surface area contributed by atoms with Gasteiger partial charge in [0.2, 0.25) is 5.89 Å². The van der Waals surface area contributed by atoms with Gasteiger partial charge in [-0.25, -0.2) is 4.98 Å². The van der Waals surface area contributed by atoms with Crippen LogP contribution in [0.4, 0.5) is 0 Å². The Hall–Kier alpha value is -0.910. The van der Waals surface area contributed by atoms with E-state index in [0.29, 0.717) is 31.5 Å². The highest BCUT2D eigenvalue weighted by atomic mass is 16.5. The zero-order valence-electron chi connectivity index (χ0n) is 13.1. The molecule has 0 saturated carbocycles. The number of rotatable bonds is 10. The lowest BCUT2D eigenvalue weighted by molar-refractivity contribution is -0.00871. The molecule has 0 bridgehead atoms. The summed E-state index contributed by atoms with van der Waals surface area (Å²) in [7, 11) is 0. The predicted molar refractivity (Wildman–Crippen MR) is 78.5 cm³/mol. The van der Waals surface area contributed by atoms with Gasteiger partial charge in [0, 0.05) is 13.0 Å². The Bertz CT molecular complexity index is 366. The molecule has 2 atom stereocenters. The van der Waals surface area contributed by atoms with Gasteiger partial charge in [0.25, 0.3) is 0 Å². The van der Waals surface area contributed by atoms with E-state index in [4.69, 9.17) is 9.15 Å². The smallest absolute Gasteiger partial charge is 0.208 e. The highest BCUT2D eigenvalue weighted by molar-refractivity contribution is 4.93. The molecule has 1 heterocycles. The first-order valence-electron chi connectivity index (χ1n) is 7.45. The lowest BCUT2D eigenvalue weighted by atomic mass is 10.1. The number of nitrogens with one attached hydrogen (secondary N) is 1. The molecule has 2 N–H and O–H groups in total. The van der Waals surface area contributed by atoms with Crippen molar-refractivity contribution in [1.82, 2.24) is 10.3 Å². The molecule has 0 fully saturated rings. The molecule has 1 rings (SSSR count). The minimum absolute atomic E-state index is 0.184. The molecule has 2 unspecified atom stereocenters. The summed E-state index contributed by atoms with van der Waals surface area (Å²) in [6.45, 7) is 9.75. The summed E-state index contributed by atoms with van der Waals surface area (Å²) in [5.74, 6) is 2.15. The Morgan fingerprint density at radius 1 is 1.40 bits per heavy atom. The van der Waals surface area contributed by atoms with Crippen molar-refractivity contribution in [1.29, 1.82) is 0 Å². The van der Waals surface area contributed by atoms with Crippen LogP contribution < -0.4 is 5.32 Å². The molecular formula is C15H28N2O3. The largest absolute Gasteiger partial charge is 0.444 e. The van der Waals surface area contributed by atoms with Crippen LogP contribution in [0.5, 0.6) is 0 Å². The van der Waals surface area contributed by atoms with Crippen molar-refractivity contribution in [2.24, 2.45) is 5.92 Å². The van der Waals surface area contributed by atoms with Gasteiger partial charge in [-0.05, 0) is 19.3 Å². The summed E-state index contributed by atoms with van der Waals surface area (Å²) in [6.07, 6.45) is 3.27. The third kappa shape index (κ3) is 7.03. The van der Waals surface area contributed by atoms with E-state index < -0.39 is 6.10 Å². The molecule has 1 aromatic heterocycles. The molecule has 0 saturated heterocycles. The molecule has 0 radical (unpaired) electrons. The van der Waals surface area contributed by atoms with E-state index >= 15 is 0 Å². The number of hydrogen-bond donors (Lipinski definition) is 2. The van der Waals surface area contributed by atoms with Crippen LogP contribution in [-0.2, 0) is 17.7 Å². The van der Waals surface area contributed by atoms with Crippen LogP contribution in [0.15, 0.2) is 10.6 Å². The first-order chi connectivity index (χ1) is 9.51. The van der Waals surface area contributed by atoms with Crippen LogP contribution in [0.3, 0.4) is 0 Å². The summed E-state index contributed by atoms with van der Waals surface area (Å²) >= 11 is 0. The average Bonchev–Trinajstić information content (AvgIpc) is 2.83. The normalized spacial score (nSPS) is 14.7. The highest BCUT2D eigenvalue weighted by Gasteiger charge is 2.10. The third-order valence-corrected chi connectivity index (χ3v) is 2.98. The Morgan fingerprint density at radius 2 is 2.15 bits per heavy atom. The zero-order valence-corrected chi connectivity index (χ0v) is 13.1. The van der Waals surface area contributed by atoms with Crippen molar-refractivity contribution in [3.8, 4) is 0 Å². The number of aryl methyl sites for hydroxylation is 1. The first-order valence-corrected chi connectivity index (χ1v) is 7.45. The number of ether oxygens (including phenoxy) is 1. The molecule has 0 spiro atoms. The molecule has 5 heteroatoms. The number of oxazole rings is 1. The van der Waals surface area contributed by atoms with Crippen LogP contribution in [-0.4, -0.2) is 35.5 Å². The molecule has 0 aliphatic heterocycles. The van der Waals surface area contributed by atoms with Gasteiger partial charge in [-0.1, -0.05) is 20.8 Å². The molecule has 0 aliphatic carbocycles. The van der Waals surface area contributed by atoms with E-state index in [0.717, 1.165) is 18.6 Å². The monoisotopic (exact) mass is 284 g/mol. The van der Waals surface area contributed by atoms with Crippen molar-refractivity contribution in [2.45, 2.75) is 59.3 Å². The molecule has 5 nitrogen and oxygen atoms in total. The number of aliphatic hydroxyl groups excluding tert-OH is 1. The fraction of sp³-hybridized carbons (Fsp3) is 0.800. The second-order valence-electron chi connectivity index (χ2n) is 5.63. The second kappa shape index (κ2) is 9.10. The van der Waals surface area contributed by atoms with Crippen LogP contribution >= 0.6 is 0 Å². The van der Waals surface area contributed by atoms with Gasteiger partial charge in [0.1, 0.15) is 5.76 Å². The Labute approximate surface area is 121 Å². The third-order valence-electron chi connectivity index (χ3n) is 2.98. The quantitative estimate of drug-likeness (QED) is 0.689. The topological polar surface area (TPSA) is 67.5 Å². The SMILES string of the molecule is CCc1cnc(CNCC(O)COC(C)CC(C)C)o1. The van der Waals surface area contributed by atoms with Crippen LogP contribution in [0.1, 0.15) is 45.8 Å². The molecular weight excluding hydrogens is 256 g/mol. The van der Waals surface area contributed by atoms with E-state index in [2.05, 4.69) is 24.1 Å². The molecule has 0 aromatic carbocycles. The highest BCUT2D eigenvalue weighted by Crippen LogP contribution is 2.07. The minimum atomic E-state index is -0.509.